The number of rotatable bonds is 6. The summed E-state index contributed by atoms with van der Waals surface area (Å²) in [6.45, 7) is 2.40. The lowest BCUT2D eigenvalue weighted by Crippen LogP contribution is -2.44. The second-order valence-corrected chi connectivity index (χ2v) is 5.86. The Morgan fingerprint density at radius 1 is 1.48 bits per heavy atom. The van der Waals surface area contributed by atoms with Crippen molar-refractivity contribution in [3.8, 4) is 5.88 Å². The molecule has 0 atom stereocenters. The van der Waals surface area contributed by atoms with E-state index in [1.807, 2.05) is 6.92 Å². The zero-order chi connectivity index (χ0) is 16.9. The Morgan fingerprint density at radius 3 is 2.74 bits per heavy atom. The summed E-state index contributed by atoms with van der Waals surface area (Å²) in [4.78, 5) is 18.2. The van der Waals surface area contributed by atoms with Gasteiger partial charge in [0.2, 0.25) is 5.88 Å². The number of likely N-dealkylation sites (tertiary alicyclic amines) is 1. The molecule has 128 valence electrons. The molecule has 1 saturated heterocycles. The summed E-state index contributed by atoms with van der Waals surface area (Å²) in [5, 5.41) is 9.55. The maximum atomic E-state index is 12.6. The van der Waals surface area contributed by atoms with Crippen LogP contribution in [0, 0.1) is 5.41 Å². The number of nitrogens with zero attached hydrogens (tertiary/aromatic N) is 2. The summed E-state index contributed by atoms with van der Waals surface area (Å²) >= 11 is 0. The van der Waals surface area contributed by atoms with Crippen LogP contribution >= 0.6 is 0 Å². The molecule has 2 heterocycles. The summed E-state index contributed by atoms with van der Waals surface area (Å²) in [6, 6.07) is 3.11. The molecule has 2 rings (SSSR count). The highest BCUT2D eigenvalue weighted by Crippen LogP contribution is 2.35. The average Bonchev–Trinajstić information content (AvgIpc) is 2.59. The van der Waals surface area contributed by atoms with E-state index in [-0.39, 0.29) is 29.4 Å². The first kappa shape index (κ1) is 17.6. The molecule has 1 aliphatic rings. The van der Waals surface area contributed by atoms with Crippen molar-refractivity contribution in [1.82, 2.24) is 9.88 Å². The molecule has 1 aliphatic heterocycles. The molecule has 0 radical (unpaired) electrons. The van der Waals surface area contributed by atoms with E-state index < -0.39 is 13.0 Å². The molecular weight excluding hydrogens is 306 g/mol. The Bertz CT molecular complexity index is 526. The third kappa shape index (κ3) is 4.16. The van der Waals surface area contributed by atoms with Crippen molar-refractivity contribution < 1.29 is 23.4 Å². The SMILES string of the molecule is CCC1(CO)CCN(C(=O)c2cccnc2OCC(F)F)CC1. The van der Waals surface area contributed by atoms with Crippen LogP contribution in [0.15, 0.2) is 18.3 Å². The molecule has 1 amide bonds. The number of hydrogen-bond acceptors (Lipinski definition) is 4. The number of hydrogen-bond donors (Lipinski definition) is 1. The van der Waals surface area contributed by atoms with Crippen LogP contribution in [0.5, 0.6) is 5.88 Å². The minimum Gasteiger partial charge on any atom is -0.471 e. The Labute approximate surface area is 134 Å². The third-order valence-corrected chi connectivity index (χ3v) is 4.54. The van der Waals surface area contributed by atoms with E-state index in [2.05, 4.69) is 4.98 Å². The van der Waals surface area contributed by atoms with Crippen molar-refractivity contribution >= 4 is 5.91 Å². The van der Waals surface area contributed by atoms with Gasteiger partial charge >= 0.3 is 0 Å². The quantitative estimate of drug-likeness (QED) is 0.871. The van der Waals surface area contributed by atoms with E-state index in [0.717, 1.165) is 19.3 Å². The number of carbonyl (C=O) groups excluding carboxylic acids is 1. The van der Waals surface area contributed by atoms with E-state index in [4.69, 9.17) is 4.74 Å². The topological polar surface area (TPSA) is 62.7 Å². The fourth-order valence-electron chi connectivity index (χ4n) is 2.79. The molecule has 0 saturated carbocycles. The summed E-state index contributed by atoms with van der Waals surface area (Å²) in [7, 11) is 0. The van der Waals surface area contributed by atoms with Gasteiger partial charge < -0.3 is 14.7 Å². The van der Waals surface area contributed by atoms with Gasteiger partial charge in [-0.3, -0.25) is 4.79 Å². The first-order valence-electron chi connectivity index (χ1n) is 7.77. The zero-order valence-corrected chi connectivity index (χ0v) is 13.2. The van der Waals surface area contributed by atoms with Gasteiger partial charge in [0.05, 0.1) is 0 Å². The van der Waals surface area contributed by atoms with Gasteiger partial charge in [0.15, 0.2) is 6.61 Å². The molecule has 1 fully saturated rings. The van der Waals surface area contributed by atoms with Gasteiger partial charge in [-0.05, 0) is 36.8 Å². The smallest absolute Gasteiger partial charge is 0.272 e. The summed E-state index contributed by atoms with van der Waals surface area (Å²) in [5.74, 6) is -0.336. The first-order chi connectivity index (χ1) is 11.0. The van der Waals surface area contributed by atoms with Gasteiger partial charge in [-0.15, -0.1) is 0 Å². The highest BCUT2D eigenvalue weighted by Gasteiger charge is 2.34. The van der Waals surface area contributed by atoms with Crippen LogP contribution < -0.4 is 4.74 Å². The summed E-state index contributed by atoms with van der Waals surface area (Å²) in [5.41, 5.74) is 0.0712. The second kappa shape index (κ2) is 7.68. The Morgan fingerprint density at radius 2 is 2.17 bits per heavy atom. The fraction of sp³-hybridized carbons (Fsp3) is 0.625. The molecule has 1 aromatic rings. The number of halogens is 2. The van der Waals surface area contributed by atoms with Crippen LogP contribution in [0.2, 0.25) is 0 Å². The van der Waals surface area contributed by atoms with Gasteiger partial charge in [-0.25, -0.2) is 13.8 Å². The molecule has 23 heavy (non-hydrogen) atoms. The number of ether oxygens (including phenoxy) is 1. The minimum atomic E-state index is -2.62. The first-order valence-corrected chi connectivity index (χ1v) is 7.77. The minimum absolute atomic E-state index is 0.0627. The monoisotopic (exact) mass is 328 g/mol. The zero-order valence-electron chi connectivity index (χ0n) is 13.2. The molecule has 1 N–H and O–H groups in total. The van der Waals surface area contributed by atoms with Crippen molar-refractivity contribution in [2.45, 2.75) is 32.6 Å². The molecule has 0 aromatic carbocycles. The molecule has 0 bridgehead atoms. The third-order valence-electron chi connectivity index (χ3n) is 4.54. The predicted molar refractivity (Wildman–Crippen MR) is 80.7 cm³/mol. The van der Waals surface area contributed by atoms with E-state index >= 15 is 0 Å². The van der Waals surface area contributed by atoms with E-state index in [1.165, 1.54) is 12.3 Å². The van der Waals surface area contributed by atoms with Crippen LogP contribution in [-0.4, -0.2) is 53.6 Å². The number of piperidine rings is 1. The fourth-order valence-corrected chi connectivity index (χ4v) is 2.79. The van der Waals surface area contributed by atoms with Crippen molar-refractivity contribution in [3.63, 3.8) is 0 Å². The molecule has 7 heteroatoms. The number of aliphatic hydroxyl groups excluding tert-OH is 1. The number of amides is 1. The lowest BCUT2D eigenvalue weighted by atomic mass is 9.77. The summed E-state index contributed by atoms with van der Waals surface area (Å²) in [6.07, 6.45) is 1.09. The van der Waals surface area contributed by atoms with E-state index in [1.54, 1.807) is 11.0 Å². The average molecular weight is 328 g/mol. The largest absolute Gasteiger partial charge is 0.471 e. The maximum absolute atomic E-state index is 12.6. The van der Waals surface area contributed by atoms with Crippen LogP contribution in [0.25, 0.3) is 0 Å². The summed E-state index contributed by atoms with van der Waals surface area (Å²) < 4.78 is 29.5. The van der Waals surface area contributed by atoms with Gasteiger partial charge in [-0.2, -0.15) is 0 Å². The molecule has 1 aromatic heterocycles. The number of aliphatic hydroxyl groups is 1. The maximum Gasteiger partial charge on any atom is 0.272 e. The van der Waals surface area contributed by atoms with Crippen LogP contribution in [-0.2, 0) is 0 Å². The highest BCUT2D eigenvalue weighted by molar-refractivity contribution is 5.96. The molecule has 0 spiro atoms. The van der Waals surface area contributed by atoms with Gasteiger partial charge in [0.25, 0.3) is 12.3 Å². The van der Waals surface area contributed by atoms with Crippen molar-refractivity contribution in [3.05, 3.63) is 23.9 Å². The van der Waals surface area contributed by atoms with Crippen molar-refractivity contribution in [1.29, 1.82) is 0 Å². The Kier molecular flexibility index (Phi) is 5.87. The van der Waals surface area contributed by atoms with Crippen molar-refractivity contribution in [2.24, 2.45) is 5.41 Å². The van der Waals surface area contributed by atoms with Crippen molar-refractivity contribution in [2.75, 3.05) is 26.3 Å². The molecule has 5 nitrogen and oxygen atoms in total. The van der Waals surface area contributed by atoms with Crippen LogP contribution in [0.4, 0.5) is 8.78 Å². The normalized spacial score (nSPS) is 17.3. The van der Waals surface area contributed by atoms with Crippen LogP contribution in [0.3, 0.4) is 0 Å². The van der Waals surface area contributed by atoms with Gasteiger partial charge in [-0.1, -0.05) is 6.92 Å². The van der Waals surface area contributed by atoms with E-state index in [9.17, 15) is 18.7 Å². The Hall–Kier alpha value is -1.76. The number of carbonyl (C=O) groups is 1. The molecular formula is C16H22F2N2O3. The Balaban J connectivity index is 2.07. The number of pyridine rings is 1. The molecule has 0 unspecified atom stereocenters. The number of aromatic nitrogens is 1. The lowest BCUT2D eigenvalue weighted by Gasteiger charge is -2.40. The number of alkyl halides is 2. The predicted octanol–water partition coefficient (Wildman–Crippen LogP) is 2.35. The lowest BCUT2D eigenvalue weighted by molar-refractivity contribution is 0.0331. The van der Waals surface area contributed by atoms with Gasteiger partial charge in [0.1, 0.15) is 5.56 Å². The standard InChI is InChI=1S/C16H22F2N2O3/c1-2-16(11-21)5-8-20(9-6-16)15(22)12-4-3-7-19-14(12)23-10-13(17)18/h3-4,7,13,21H,2,5-6,8-11H2,1H3. The van der Waals surface area contributed by atoms with Crippen LogP contribution in [0.1, 0.15) is 36.5 Å². The van der Waals surface area contributed by atoms with Gasteiger partial charge in [0, 0.05) is 25.9 Å². The highest BCUT2D eigenvalue weighted by atomic mass is 19.3. The molecule has 0 aliphatic carbocycles. The van der Waals surface area contributed by atoms with E-state index in [0.29, 0.717) is 13.1 Å². The second-order valence-electron chi connectivity index (χ2n) is 5.86.